The van der Waals surface area contributed by atoms with Crippen molar-refractivity contribution < 1.29 is 13.7 Å². The molecule has 74 heavy (non-hydrogen) atoms. The van der Waals surface area contributed by atoms with Crippen LogP contribution >= 0.6 is 0 Å². The first kappa shape index (κ1) is 36.3. The van der Waals surface area contributed by atoms with Crippen LogP contribution in [0, 0.1) is 6.92 Å². The topological polar surface area (TPSA) is 25.9 Å². The first-order chi connectivity index (χ1) is 40.0. The Morgan fingerprint density at radius 1 is 0.446 bits per heavy atom. The Balaban J connectivity index is 1.09. The minimum absolute atomic E-state index is 0.0799. The standard InChI is InChI=1S/C69H61N5/c1-47-39-60(48-23-11-8-12-24-48)67(61(40-47)49-25-13-9-14-26-49)72-46-71(62-31-19-20-32-63(62)72)54-41-51(69(5,6)7)42-55(44-54)73(52-27-15-10-16-28-52)53-35-37-59-57-30-18-17-29-56(57)58-36-34-50(68(2,3)4)43-64(58)74(65(59)45-53)66-33-21-22-38-70-66/h8-45H,46H2,1-7H3/i8D,9D,11D,12D,13D,14D,23D,24D,25D,26D. The predicted octanol–water partition coefficient (Wildman–Crippen LogP) is 19.2. The molecular weight excluding hydrogens is 899 g/mol. The molecule has 10 aromatic rings. The van der Waals surface area contributed by atoms with E-state index in [9.17, 15) is 5.48 Å². The van der Waals surface area contributed by atoms with E-state index in [2.05, 4.69) is 153 Å². The summed E-state index contributed by atoms with van der Waals surface area (Å²) in [5.74, 6) is 0.773. The maximum absolute atomic E-state index is 9.32. The number of benzene rings is 9. The molecule has 0 N–H and O–H groups in total. The Labute approximate surface area is 451 Å². The number of nitrogens with zero attached hydrogens (tertiary/aromatic N) is 5. The van der Waals surface area contributed by atoms with E-state index in [1.54, 1.807) is 19.1 Å². The second-order valence-corrected chi connectivity index (χ2v) is 21.1. The van der Waals surface area contributed by atoms with Gasteiger partial charge in [-0.3, -0.25) is 4.90 Å². The summed E-state index contributed by atoms with van der Waals surface area (Å²) < 4.78 is 89.6. The van der Waals surface area contributed by atoms with Crippen molar-refractivity contribution in [1.82, 2.24) is 4.98 Å². The highest BCUT2D eigenvalue weighted by atomic mass is 15.4. The lowest BCUT2D eigenvalue weighted by atomic mass is 9.85. The monoisotopic (exact) mass is 970 g/mol. The van der Waals surface area contributed by atoms with E-state index < -0.39 is 60.4 Å². The second kappa shape index (κ2) is 18.4. The second-order valence-electron chi connectivity index (χ2n) is 21.1. The maximum Gasteiger partial charge on any atom is 0.137 e. The van der Waals surface area contributed by atoms with Gasteiger partial charge in [0, 0.05) is 51.2 Å². The summed E-state index contributed by atoms with van der Waals surface area (Å²) in [6, 6.07) is 51.4. The average molecular weight is 970 g/mol. The van der Waals surface area contributed by atoms with E-state index in [4.69, 9.17) is 13.2 Å². The molecule has 12 rings (SSSR count). The summed E-state index contributed by atoms with van der Waals surface area (Å²) in [5.41, 5.74) is 14.2. The van der Waals surface area contributed by atoms with Gasteiger partial charge in [-0.25, -0.2) is 4.98 Å². The van der Waals surface area contributed by atoms with Crippen molar-refractivity contribution in [3.05, 3.63) is 247 Å². The maximum atomic E-state index is 9.32. The zero-order valence-corrected chi connectivity index (χ0v) is 42.6. The molecule has 0 radical (unpaired) electrons. The van der Waals surface area contributed by atoms with Crippen LogP contribution in [-0.4, -0.2) is 11.7 Å². The molecule has 3 heterocycles. The zero-order chi connectivity index (χ0) is 59.4. The van der Waals surface area contributed by atoms with Crippen molar-refractivity contribution in [1.29, 1.82) is 0 Å². The molecule has 0 saturated heterocycles. The summed E-state index contributed by atoms with van der Waals surface area (Å²) in [4.78, 5) is 13.8. The molecule has 9 aromatic carbocycles. The number of anilines is 10. The lowest BCUT2D eigenvalue weighted by Gasteiger charge is -2.33. The largest absolute Gasteiger partial charge is 0.321 e. The molecule has 0 saturated carbocycles. The van der Waals surface area contributed by atoms with Gasteiger partial charge in [0.15, 0.2) is 0 Å². The van der Waals surface area contributed by atoms with Gasteiger partial charge in [-0.15, -0.1) is 0 Å². The molecule has 0 aliphatic carbocycles. The summed E-state index contributed by atoms with van der Waals surface area (Å²) in [5, 5.41) is 0. The third-order valence-electron chi connectivity index (χ3n) is 14.1. The van der Waals surface area contributed by atoms with Crippen LogP contribution in [0.25, 0.3) is 44.5 Å². The smallest absolute Gasteiger partial charge is 0.137 e. The highest BCUT2D eigenvalue weighted by molar-refractivity contribution is 6.04. The van der Waals surface area contributed by atoms with Gasteiger partial charge in [-0.05, 0) is 142 Å². The predicted molar refractivity (Wildman–Crippen MR) is 313 cm³/mol. The molecular formula is C69H61N5. The number of pyridine rings is 1. The van der Waals surface area contributed by atoms with Gasteiger partial charge in [-0.2, -0.15) is 0 Å². The van der Waals surface area contributed by atoms with Gasteiger partial charge < -0.3 is 14.7 Å². The fourth-order valence-corrected chi connectivity index (χ4v) is 10.5. The van der Waals surface area contributed by atoms with E-state index in [0.717, 1.165) is 73.4 Å². The Bertz CT molecular complexity index is 4160. The lowest BCUT2D eigenvalue weighted by Crippen LogP contribution is -2.26. The number of hydrogen-bond acceptors (Lipinski definition) is 5. The first-order valence-electron chi connectivity index (χ1n) is 30.1. The molecule has 5 nitrogen and oxygen atoms in total. The number of aromatic nitrogens is 1. The summed E-state index contributed by atoms with van der Waals surface area (Å²) in [7, 11) is 0. The van der Waals surface area contributed by atoms with Crippen LogP contribution < -0.4 is 19.6 Å². The minimum atomic E-state index is -0.549. The Kier molecular flexibility index (Phi) is 9.03. The Hall–Kier alpha value is -8.67. The fourth-order valence-electron chi connectivity index (χ4n) is 10.5. The normalized spacial score (nSPS) is 14.8. The van der Waals surface area contributed by atoms with Gasteiger partial charge in [-0.1, -0.05) is 181 Å². The third kappa shape index (κ3) is 8.38. The van der Waals surface area contributed by atoms with E-state index in [1.165, 1.54) is 5.56 Å². The molecule has 2 aliphatic rings. The van der Waals surface area contributed by atoms with Crippen LogP contribution in [0.4, 0.5) is 57.0 Å². The highest BCUT2D eigenvalue weighted by Gasteiger charge is 2.34. The molecule has 0 amide bonds. The molecule has 1 aromatic heterocycles. The van der Waals surface area contributed by atoms with Crippen LogP contribution in [-0.2, 0) is 10.8 Å². The number of para-hydroxylation sites is 3. The zero-order valence-electron chi connectivity index (χ0n) is 52.6. The number of rotatable bonds is 8. The first-order valence-corrected chi connectivity index (χ1v) is 25.1. The van der Waals surface area contributed by atoms with Crippen molar-refractivity contribution in [2.45, 2.75) is 59.3 Å². The van der Waals surface area contributed by atoms with E-state index >= 15 is 0 Å². The van der Waals surface area contributed by atoms with Crippen LogP contribution in [0.2, 0.25) is 0 Å². The van der Waals surface area contributed by atoms with Crippen molar-refractivity contribution >= 4 is 57.0 Å². The van der Waals surface area contributed by atoms with Gasteiger partial charge in [0.25, 0.3) is 0 Å². The van der Waals surface area contributed by atoms with Crippen LogP contribution in [0.15, 0.2) is 230 Å². The van der Waals surface area contributed by atoms with E-state index in [1.807, 2.05) is 65.7 Å². The fraction of sp³-hybridized carbons (Fsp3) is 0.145. The molecule has 362 valence electrons. The van der Waals surface area contributed by atoms with Crippen LogP contribution in [0.1, 0.15) is 71.9 Å². The van der Waals surface area contributed by atoms with Crippen molar-refractivity contribution in [3.8, 4) is 44.5 Å². The Morgan fingerprint density at radius 2 is 1.01 bits per heavy atom. The summed E-state index contributed by atoms with van der Waals surface area (Å²) in [6.07, 6.45) is 1.84. The van der Waals surface area contributed by atoms with Crippen molar-refractivity contribution in [2.75, 3.05) is 26.3 Å². The lowest BCUT2D eigenvalue weighted by molar-refractivity contribution is 0.590. The molecule has 0 atom stereocenters. The molecule has 0 bridgehead atoms. The summed E-state index contributed by atoms with van der Waals surface area (Å²) >= 11 is 0. The van der Waals surface area contributed by atoms with Gasteiger partial charge in [0.1, 0.15) is 12.5 Å². The number of hydrogen-bond donors (Lipinski definition) is 0. The van der Waals surface area contributed by atoms with E-state index in [0.29, 0.717) is 16.9 Å². The molecule has 0 fully saturated rings. The van der Waals surface area contributed by atoms with Gasteiger partial charge in [0.2, 0.25) is 0 Å². The molecule has 5 heteroatoms. The summed E-state index contributed by atoms with van der Waals surface area (Å²) in [6.45, 7) is 15.1. The average Bonchev–Trinajstić information content (AvgIpc) is 3.17. The minimum Gasteiger partial charge on any atom is -0.321 e. The van der Waals surface area contributed by atoms with Crippen molar-refractivity contribution in [2.24, 2.45) is 0 Å². The molecule has 2 aliphatic heterocycles. The van der Waals surface area contributed by atoms with E-state index in [-0.39, 0.29) is 39.8 Å². The quantitative estimate of drug-likeness (QED) is 0.151. The number of aryl methyl sites for hydroxylation is 1. The van der Waals surface area contributed by atoms with Gasteiger partial charge >= 0.3 is 0 Å². The Morgan fingerprint density at radius 3 is 1.62 bits per heavy atom. The van der Waals surface area contributed by atoms with Gasteiger partial charge in [0.05, 0.1) is 42.1 Å². The van der Waals surface area contributed by atoms with Crippen LogP contribution in [0.5, 0.6) is 0 Å². The SMILES string of the molecule is [2H]c1c([2H])c([2H])c(-c2cc(C)cc(-c3c([2H])c([2H])c([2H])c([2H])c3[2H])c2N2CN(c3cc(N(c4ccccc4)c4ccc5c(c4)N(c4ccccn4)c4cc(C(C)(C)C)ccc4-c4ccccc4-5)cc(C(C)(C)C)c3)c3ccccc32)c([2H])c1[2H]. The molecule has 0 spiro atoms. The highest BCUT2D eigenvalue weighted by Crippen LogP contribution is 2.55. The van der Waals surface area contributed by atoms with Crippen LogP contribution in [0.3, 0.4) is 0 Å². The molecule has 0 unspecified atom stereocenters. The third-order valence-corrected chi connectivity index (χ3v) is 14.1. The number of fused-ring (bicyclic) bond motifs is 6. The van der Waals surface area contributed by atoms with Crippen molar-refractivity contribution in [3.63, 3.8) is 0 Å².